The summed E-state index contributed by atoms with van der Waals surface area (Å²) in [5.41, 5.74) is 1.11. The summed E-state index contributed by atoms with van der Waals surface area (Å²) in [6.45, 7) is -0.464. The van der Waals surface area contributed by atoms with Crippen LogP contribution in [0.25, 0.3) is 0 Å². The molecule has 0 saturated carbocycles. The minimum atomic E-state index is -3.48. The zero-order valence-electron chi connectivity index (χ0n) is 15.1. The summed E-state index contributed by atoms with van der Waals surface area (Å²) in [6, 6.07) is 9.51. The molecule has 1 heterocycles. The Hall–Kier alpha value is -1.45. The molecule has 0 aliphatic carbocycles. The summed E-state index contributed by atoms with van der Waals surface area (Å²) < 4.78 is 25.6. The summed E-state index contributed by atoms with van der Waals surface area (Å²) in [5.74, 6) is -1.70. The van der Waals surface area contributed by atoms with Gasteiger partial charge in [-0.15, -0.1) is 11.3 Å². The van der Waals surface area contributed by atoms with Gasteiger partial charge in [0.05, 0.1) is 15.7 Å². The number of hydrogen-bond donors (Lipinski definition) is 3. The Balaban J connectivity index is 2.04. The molecule has 1 aromatic heterocycles. The summed E-state index contributed by atoms with van der Waals surface area (Å²) in [6.07, 6.45) is 1.46. The van der Waals surface area contributed by atoms with E-state index in [4.69, 9.17) is 16.7 Å². The van der Waals surface area contributed by atoms with Gasteiger partial charge in [-0.25, -0.2) is 13.2 Å². The number of rotatable bonds is 11. The van der Waals surface area contributed by atoms with Gasteiger partial charge in [0.15, 0.2) is 9.84 Å². The maximum atomic E-state index is 12.5. The molecule has 0 aliphatic rings. The lowest BCUT2D eigenvalue weighted by Crippen LogP contribution is -2.25. The Bertz CT molecular complexity index is 872. The maximum absolute atomic E-state index is 12.5. The summed E-state index contributed by atoms with van der Waals surface area (Å²) >= 11 is 6.83. The summed E-state index contributed by atoms with van der Waals surface area (Å²) in [7, 11) is -3.48. The third kappa shape index (κ3) is 6.28. The first kappa shape index (κ1) is 22.8. The molecule has 6 nitrogen and oxygen atoms in total. The van der Waals surface area contributed by atoms with Crippen LogP contribution in [-0.4, -0.2) is 48.7 Å². The number of hydrogen-bond acceptors (Lipinski definition) is 6. The lowest BCUT2D eigenvalue weighted by Gasteiger charge is -2.24. The highest BCUT2D eigenvalue weighted by Crippen LogP contribution is 2.29. The van der Waals surface area contributed by atoms with Crippen LogP contribution in [-0.2, 0) is 16.3 Å². The molecule has 1 aromatic carbocycles. The van der Waals surface area contributed by atoms with Gasteiger partial charge < -0.3 is 15.3 Å². The molecule has 0 bridgehead atoms. The molecule has 9 heteroatoms. The minimum absolute atomic E-state index is 0.0943. The van der Waals surface area contributed by atoms with Crippen molar-refractivity contribution >= 4 is 38.7 Å². The van der Waals surface area contributed by atoms with Gasteiger partial charge in [0.25, 0.3) is 0 Å². The average Bonchev–Trinajstić information content (AvgIpc) is 3.12. The lowest BCUT2D eigenvalue weighted by molar-refractivity contribution is 0.0696. The van der Waals surface area contributed by atoms with Crippen LogP contribution >= 0.6 is 22.9 Å². The van der Waals surface area contributed by atoms with E-state index in [9.17, 15) is 23.4 Å². The van der Waals surface area contributed by atoms with Crippen molar-refractivity contribution in [1.29, 1.82) is 0 Å². The number of aliphatic hydroxyl groups excluding tert-OH is 2. The van der Waals surface area contributed by atoms with E-state index in [1.54, 1.807) is 18.2 Å². The molecule has 28 heavy (non-hydrogen) atoms. The second-order valence-electron chi connectivity index (χ2n) is 6.59. The van der Waals surface area contributed by atoms with Gasteiger partial charge in [-0.3, -0.25) is 0 Å². The van der Waals surface area contributed by atoms with Crippen LogP contribution in [0.1, 0.15) is 28.8 Å². The Kier molecular flexibility index (Phi) is 8.45. The van der Waals surface area contributed by atoms with Crippen LogP contribution in [0.4, 0.5) is 0 Å². The second-order valence-corrected chi connectivity index (χ2v) is 10.6. The molecule has 3 N–H and O–H groups in total. The van der Waals surface area contributed by atoms with Crippen molar-refractivity contribution in [3.8, 4) is 0 Å². The van der Waals surface area contributed by atoms with E-state index in [1.807, 2.05) is 0 Å². The molecule has 1 atom stereocenters. The Morgan fingerprint density at radius 3 is 2.14 bits per heavy atom. The molecule has 0 fully saturated rings. The van der Waals surface area contributed by atoms with E-state index < -0.39 is 21.7 Å². The SMILES string of the molecule is O=C(O)c1ccc(CCC(CCS(=O)(=O)c2ccc(Cl)s2)C(CO)CO)cc1. The fraction of sp³-hybridized carbons (Fsp3) is 0.421. The van der Waals surface area contributed by atoms with Crippen LogP contribution in [0.5, 0.6) is 0 Å². The smallest absolute Gasteiger partial charge is 0.335 e. The summed E-state index contributed by atoms with van der Waals surface area (Å²) in [4.78, 5) is 10.9. The Morgan fingerprint density at radius 2 is 1.64 bits per heavy atom. The van der Waals surface area contributed by atoms with E-state index in [2.05, 4.69) is 0 Å². The number of aliphatic hydroxyl groups is 2. The number of sulfone groups is 1. The first-order chi connectivity index (χ1) is 13.3. The topological polar surface area (TPSA) is 112 Å². The first-order valence-corrected chi connectivity index (χ1v) is 11.6. The molecule has 154 valence electrons. The lowest BCUT2D eigenvalue weighted by atomic mass is 9.86. The molecule has 0 aliphatic heterocycles. The van der Waals surface area contributed by atoms with Crippen LogP contribution < -0.4 is 0 Å². The highest BCUT2D eigenvalue weighted by molar-refractivity contribution is 7.93. The number of aromatic carboxylic acids is 1. The molecule has 0 amide bonds. The van der Waals surface area contributed by atoms with Crippen molar-refractivity contribution < 1.29 is 28.5 Å². The first-order valence-electron chi connectivity index (χ1n) is 8.79. The zero-order chi connectivity index (χ0) is 20.7. The largest absolute Gasteiger partial charge is 0.478 e. The van der Waals surface area contributed by atoms with E-state index >= 15 is 0 Å². The molecular formula is C19H23ClO6S2. The van der Waals surface area contributed by atoms with Crippen LogP contribution in [0.3, 0.4) is 0 Å². The number of halogens is 1. The van der Waals surface area contributed by atoms with Gasteiger partial charge in [0, 0.05) is 19.1 Å². The number of carboxylic acids is 1. The van der Waals surface area contributed by atoms with Gasteiger partial charge in [-0.1, -0.05) is 23.7 Å². The van der Waals surface area contributed by atoms with Gasteiger partial charge in [0.1, 0.15) is 4.21 Å². The van der Waals surface area contributed by atoms with E-state index in [1.165, 1.54) is 18.2 Å². The van der Waals surface area contributed by atoms with Crippen LogP contribution in [0.2, 0.25) is 4.34 Å². The number of benzene rings is 1. The van der Waals surface area contributed by atoms with Crippen LogP contribution in [0.15, 0.2) is 40.6 Å². The van der Waals surface area contributed by atoms with Crippen molar-refractivity contribution in [3.05, 3.63) is 51.9 Å². The molecule has 2 aromatic rings. The number of aryl methyl sites for hydroxylation is 1. The monoisotopic (exact) mass is 446 g/mol. The van der Waals surface area contributed by atoms with Crippen LogP contribution in [0, 0.1) is 11.8 Å². The van der Waals surface area contributed by atoms with Crippen molar-refractivity contribution in [2.24, 2.45) is 11.8 Å². The fourth-order valence-electron chi connectivity index (χ4n) is 3.01. The predicted octanol–water partition coefficient (Wildman–Crippen LogP) is 3.11. The van der Waals surface area contributed by atoms with Gasteiger partial charge in [-0.2, -0.15) is 0 Å². The van der Waals surface area contributed by atoms with Crippen molar-refractivity contribution in [1.82, 2.24) is 0 Å². The average molecular weight is 447 g/mol. The number of carboxylic acid groups (broad SMARTS) is 1. The Morgan fingerprint density at radius 1 is 1.00 bits per heavy atom. The summed E-state index contributed by atoms with van der Waals surface area (Å²) in [5, 5.41) is 28.1. The van der Waals surface area contributed by atoms with E-state index in [0.29, 0.717) is 23.6 Å². The molecule has 2 rings (SSSR count). The normalized spacial score (nSPS) is 13.0. The fourth-order valence-corrected chi connectivity index (χ4v) is 6.04. The minimum Gasteiger partial charge on any atom is -0.478 e. The third-order valence-corrected chi connectivity index (χ3v) is 8.31. The highest BCUT2D eigenvalue weighted by Gasteiger charge is 2.24. The predicted molar refractivity (Wildman–Crippen MR) is 109 cm³/mol. The number of thiophene rings is 1. The second kappa shape index (κ2) is 10.4. The zero-order valence-corrected chi connectivity index (χ0v) is 17.5. The molecule has 0 radical (unpaired) electrons. The Labute approximate surface area is 173 Å². The van der Waals surface area contributed by atoms with Gasteiger partial charge in [0.2, 0.25) is 0 Å². The van der Waals surface area contributed by atoms with Crippen molar-refractivity contribution in [2.75, 3.05) is 19.0 Å². The quantitative estimate of drug-likeness (QED) is 0.489. The molecule has 1 unspecified atom stereocenters. The highest BCUT2D eigenvalue weighted by atomic mass is 35.5. The molecular weight excluding hydrogens is 424 g/mol. The molecule has 0 saturated heterocycles. The van der Waals surface area contributed by atoms with Crippen molar-refractivity contribution in [3.63, 3.8) is 0 Å². The van der Waals surface area contributed by atoms with Gasteiger partial charge >= 0.3 is 5.97 Å². The van der Waals surface area contributed by atoms with Gasteiger partial charge in [-0.05, 0) is 55.0 Å². The number of carbonyl (C=O) groups is 1. The standard InChI is InChI=1S/C19H23ClO6S2/c20-17-7-8-18(27-17)28(25,26)10-9-14(16(11-21)12-22)4-1-13-2-5-15(6-3-13)19(23)24/h2-3,5-8,14,16,21-22H,1,4,9-12H2,(H,23,24). The molecule has 0 spiro atoms. The maximum Gasteiger partial charge on any atom is 0.335 e. The third-order valence-electron chi connectivity index (χ3n) is 4.75. The van der Waals surface area contributed by atoms with E-state index in [-0.39, 0.29) is 34.7 Å². The van der Waals surface area contributed by atoms with E-state index in [0.717, 1.165) is 16.9 Å². The van der Waals surface area contributed by atoms with Crippen molar-refractivity contribution in [2.45, 2.75) is 23.5 Å².